The highest BCUT2D eigenvalue weighted by Crippen LogP contribution is 2.59. The first kappa shape index (κ1) is 11.6. The van der Waals surface area contributed by atoms with Crippen molar-refractivity contribution in [3.63, 3.8) is 0 Å². The lowest BCUT2D eigenvalue weighted by Crippen LogP contribution is -2.37. The minimum absolute atomic E-state index is 0.00403. The second kappa shape index (κ2) is 3.48. The molecule has 2 saturated carbocycles. The van der Waals surface area contributed by atoms with Gasteiger partial charge in [-0.3, -0.25) is 4.79 Å². The van der Waals surface area contributed by atoms with Gasteiger partial charge < -0.3 is 9.47 Å². The highest BCUT2D eigenvalue weighted by molar-refractivity contribution is 5.92. The Kier molecular flexibility index (Phi) is 2.13. The van der Waals surface area contributed by atoms with E-state index in [0.717, 1.165) is 6.42 Å². The number of Topliss-reactive ketones (excluding diaryl/α,β-unsaturated/α-hetero) is 1. The number of hydrogen-bond donors (Lipinski definition) is 0. The lowest BCUT2D eigenvalue weighted by molar-refractivity contribution is -0.139. The lowest BCUT2D eigenvalue weighted by atomic mass is 9.70. The van der Waals surface area contributed by atoms with Crippen molar-refractivity contribution >= 4 is 11.8 Å². The van der Waals surface area contributed by atoms with E-state index in [2.05, 4.69) is 13.5 Å². The summed E-state index contributed by atoms with van der Waals surface area (Å²) in [6.07, 6.45) is 2.07. The molecule has 2 heterocycles. The summed E-state index contributed by atoms with van der Waals surface area (Å²) in [7, 11) is 0. The molecule has 0 spiro atoms. The summed E-state index contributed by atoms with van der Waals surface area (Å²) in [5, 5.41) is 0. The maximum Gasteiger partial charge on any atom is 0.334 e. The molecule has 1 unspecified atom stereocenters. The average molecular weight is 262 g/mol. The van der Waals surface area contributed by atoms with Crippen molar-refractivity contribution in [1.82, 2.24) is 0 Å². The highest BCUT2D eigenvalue weighted by Gasteiger charge is 2.65. The first-order chi connectivity index (χ1) is 9.03. The number of carbonyl (C=O) groups excluding carboxylic acids is 2. The molecule has 0 N–H and O–H groups in total. The predicted octanol–water partition coefficient (Wildman–Crippen LogP) is 1.49. The Morgan fingerprint density at radius 1 is 1.32 bits per heavy atom. The summed E-state index contributed by atoms with van der Waals surface area (Å²) in [6, 6.07) is 0. The number of ketones is 1. The highest BCUT2D eigenvalue weighted by atomic mass is 16.6. The van der Waals surface area contributed by atoms with Crippen molar-refractivity contribution in [2.45, 2.75) is 38.4 Å². The fourth-order valence-corrected chi connectivity index (χ4v) is 4.91. The van der Waals surface area contributed by atoms with Crippen molar-refractivity contribution in [2.75, 3.05) is 6.61 Å². The number of carbonyl (C=O) groups is 2. The van der Waals surface area contributed by atoms with Gasteiger partial charge in [-0.25, -0.2) is 4.79 Å². The van der Waals surface area contributed by atoms with E-state index in [0.29, 0.717) is 42.6 Å². The normalized spacial score (nSPS) is 51.8. The van der Waals surface area contributed by atoms with E-state index in [9.17, 15) is 9.59 Å². The molecule has 4 fully saturated rings. The Hall–Kier alpha value is -1.16. The lowest BCUT2D eigenvalue weighted by Gasteiger charge is -2.30. The van der Waals surface area contributed by atoms with E-state index in [-0.39, 0.29) is 29.5 Å². The fraction of sp³-hybridized carbons (Fsp3) is 0.733. The van der Waals surface area contributed by atoms with Crippen LogP contribution in [-0.4, -0.2) is 30.6 Å². The molecule has 2 aliphatic heterocycles. The molecule has 0 amide bonds. The van der Waals surface area contributed by atoms with E-state index in [4.69, 9.17) is 9.47 Å². The first-order valence-electron chi connectivity index (χ1n) is 7.07. The summed E-state index contributed by atoms with van der Waals surface area (Å²) in [4.78, 5) is 24.1. The second-order valence-electron chi connectivity index (χ2n) is 6.65. The Morgan fingerprint density at radius 3 is 2.84 bits per heavy atom. The largest absolute Gasteiger partial charge is 0.458 e. The first-order valence-corrected chi connectivity index (χ1v) is 7.07. The Balaban J connectivity index is 1.78. The van der Waals surface area contributed by atoms with Crippen LogP contribution < -0.4 is 0 Å². The minimum Gasteiger partial charge on any atom is -0.458 e. The molecule has 4 aliphatic rings. The van der Waals surface area contributed by atoms with Gasteiger partial charge in [-0.2, -0.15) is 0 Å². The maximum atomic E-state index is 12.4. The summed E-state index contributed by atoms with van der Waals surface area (Å²) >= 11 is 0. The minimum atomic E-state index is -0.375. The Morgan fingerprint density at radius 2 is 2.11 bits per heavy atom. The van der Waals surface area contributed by atoms with Crippen LogP contribution in [0, 0.1) is 23.2 Å². The molecule has 4 rings (SSSR count). The third-order valence-electron chi connectivity index (χ3n) is 5.75. The summed E-state index contributed by atoms with van der Waals surface area (Å²) in [5.74, 6) is 0.709. The van der Waals surface area contributed by atoms with Gasteiger partial charge in [-0.1, -0.05) is 13.5 Å². The number of fused-ring (bicyclic) bond motifs is 1. The number of ether oxygens (including phenoxy) is 2. The van der Waals surface area contributed by atoms with Crippen LogP contribution in [0.2, 0.25) is 0 Å². The Labute approximate surface area is 112 Å². The van der Waals surface area contributed by atoms with Gasteiger partial charge >= 0.3 is 5.97 Å². The zero-order valence-electron chi connectivity index (χ0n) is 11.1. The van der Waals surface area contributed by atoms with Gasteiger partial charge in [0.1, 0.15) is 11.9 Å². The molecule has 0 aromatic carbocycles. The molecular weight excluding hydrogens is 244 g/mol. The van der Waals surface area contributed by atoms with Gasteiger partial charge in [-0.05, 0) is 18.8 Å². The van der Waals surface area contributed by atoms with Crippen molar-refractivity contribution in [3.05, 3.63) is 12.2 Å². The van der Waals surface area contributed by atoms with Gasteiger partial charge in [0.2, 0.25) is 0 Å². The molecule has 19 heavy (non-hydrogen) atoms. The van der Waals surface area contributed by atoms with Crippen molar-refractivity contribution in [1.29, 1.82) is 0 Å². The zero-order chi connectivity index (χ0) is 13.4. The van der Waals surface area contributed by atoms with Crippen molar-refractivity contribution < 1.29 is 19.1 Å². The molecule has 4 nitrogen and oxygen atoms in total. The predicted molar refractivity (Wildman–Crippen MR) is 66.2 cm³/mol. The second-order valence-corrected chi connectivity index (χ2v) is 6.65. The monoisotopic (exact) mass is 262 g/mol. The molecule has 2 aliphatic carbocycles. The van der Waals surface area contributed by atoms with E-state index in [1.165, 1.54) is 0 Å². The zero-order valence-corrected chi connectivity index (χ0v) is 11.1. The molecule has 6 atom stereocenters. The van der Waals surface area contributed by atoms with Crippen LogP contribution in [0.1, 0.15) is 26.2 Å². The van der Waals surface area contributed by atoms with Gasteiger partial charge in [0, 0.05) is 23.8 Å². The third-order valence-corrected chi connectivity index (χ3v) is 5.75. The quantitative estimate of drug-likeness (QED) is 0.490. The molecule has 0 aromatic rings. The van der Waals surface area contributed by atoms with Crippen LogP contribution in [0.5, 0.6) is 0 Å². The maximum absolute atomic E-state index is 12.4. The molecule has 0 radical (unpaired) electrons. The van der Waals surface area contributed by atoms with Gasteiger partial charge in [0.25, 0.3) is 0 Å². The van der Waals surface area contributed by atoms with E-state index < -0.39 is 0 Å². The summed E-state index contributed by atoms with van der Waals surface area (Å²) < 4.78 is 11.3. The van der Waals surface area contributed by atoms with Crippen LogP contribution >= 0.6 is 0 Å². The van der Waals surface area contributed by atoms with Crippen molar-refractivity contribution in [2.24, 2.45) is 23.2 Å². The van der Waals surface area contributed by atoms with Crippen LogP contribution in [0.3, 0.4) is 0 Å². The van der Waals surface area contributed by atoms with Crippen LogP contribution in [-0.2, 0) is 19.1 Å². The molecule has 2 saturated heterocycles. The van der Waals surface area contributed by atoms with E-state index in [1.54, 1.807) is 0 Å². The van der Waals surface area contributed by atoms with E-state index >= 15 is 0 Å². The standard InChI is InChI=1S/C15H18O4/c1-7-3-10-9(8(2)14(17)19-10)5-15-6-18-11(13(7)15)4-12(15)16/h7,9-11,13H,2-6H2,1H3/t7?,9-,10-,11+,13-,15-/m1/s1. The molecule has 0 aromatic heterocycles. The van der Waals surface area contributed by atoms with Crippen molar-refractivity contribution in [3.8, 4) is 0 Å². The number of rotatable bonds is 0. The topological polar surface area (TPSA) is 52.6 Å². The Bertz CT molecular complexity index is 496. The molecule has 102 valence electrons. The van der Waals surface area contributed by atoms with Gasteiger partial charge in [0.05, 0.1) is 18.1 Å². The van der Waals surface area contributed by atoms with Crippen LogP contribution in [0.4, 0.5) is 0 Å². The average Bonchev–Trinajstić information content (AvgIpc) is 2.90. The fourth-order valence-electron chi connectivity index (χ4n) is 4.91. The van der Waals surface area contributed by atoms with Gasteiger partial charge in [-0.15, -0.1) is 0 Å². The summed E-state index contributed by atoms with van der Waals surface area (Å²) in [5.41, 5.74) is 0.177. The van der Waals surface area contributed by atoms with Crippen LogP contribution in [0.15, 0.2) is 12.2 Å². The van der Waals surface area contributed by atoms with Gasteiger partial charge in [0.15, 0.2) is 0 Å². The molecule has 2 bridgehead atoms. The van der Waals surface area contributed by atoms with Crippen LogP contribution in [0.25, 0.3) is 0 Å². The smallest absolute Gasteiger partial charge is 0.334 e. The van der Waals surface area contributed by atoms with E-state index in [1.807, 2.05) is 0 Å². The SMILES string of the molecule is C=C1C(=O)O[C@@H]2CC(C)[C@@H]3[C@@H]4CC(=O)[C@]3(CO4)C[C@H]12. The summed E-state index contributed by atoms with van der Waals surface area (Å²) in [6.45, 7) is 6.57. The molecular formula is C15H18O4. The number of esters is 1. The number of hydrogen-bond acceptors (Lipinski definition) is 4. The molecule has 4 heteroatoms. The third kappa shape index (κ3) is 1.28.